The van der Waals surface area contributed by atoms with Crippen LogP contribution in [0.2, 0.25) is 0 Å². The lowest BCUT2D eigenvalue weighted by atomic mass is 10.2. The van der Waals surface area contributed by atoms with Crippen LogP contribution in [0.15, 0.2) is 26.4 Å². The van der Waals surface area contributed by atoms with E-state index in [4.69, 9.17) is 8.83 Å². The maximum atomic E-state index is 11.6. The molecule has 0 fully saturated rings. The van der Waals surface area contributed by atoms with Crippen molar-refractivity contribution in [1.29, 1.82) is 0 Å². The van der Waals surface area contributed by atoms with Crippen molar-refractivity contribution in [2.24, 2.45) is 0 Å². The van der Waals surface area contributed by atoms with Crippen LogP contribution < -0.4 is 5.32 Å². The minimum absolute atomic E-state index is 0.0182. The van der Waals surface area contributed by atoms with E-state index in [-0.39, 0.29) is 11.7 Å². The van der Waals surface area contributed by atoms with E-state index in [1.54, 1.807) is 12.3 Å². The van der Waals surface area contributed by atoms with Crippen LogP contribution in [0.5, 0.6) is 0 Å². The molecule has 0 saturated carbocycles. The summed E-state index contributed by atoms with van der Waals surface area (Å²) in [6, 6.07) is 1.78. The Labute approximate surface area is 127 Å². The Bertz CT molecular complexity index is 580. The molecule has 0 atom stereocenters. The van der Waals surface area contributed by atoms with E-state index in [2.05, 4.69) is 22.4 Å². The van der Waals surface area contributed by atoms with Crippen LogP contribution >= 0.6 is 11.8 Å². The van der Waals surface area contributed by atoms with Gasteiger partial charge in [-0.15, -0.1) is 10.2 Å². The lowest BCUT2D eigenvalue weighted by Gasteiger charge is -2.02. The molecule has 6 nitrogen and oxygen atoms in total. The average molecular weight is 309 g/mol. The summed E-state index contributed by atoms with van der Waals surface area (Å²) in [5.74, 6) is 1.39. The topological polar surface area (TPSA) is 81.2 Å². The summed E-state index contributed by atoms with van der Waals surface area (Å²) in [5.41, 5.74) is 0.776. The molecular formula is C14H19N3O3S. The molecule has 0 bridgehead atoms. The number of aryl methyl sites for hydroxylation is 1. The normalized spacial score (nSPS) is 10.8. The van der Waals surface area contributed by atoms with Gasteiger partial charge >= 0.3 is 0 Å². The lowest BCUT2D eigenvalue weighted by Crippen LogP contribution is -2.26. The summed E-state index contributed by atoms with van der Waals surface area (Å²) >= 11 is 1.23. The van der Waals surface area contributed by atoms with Crippen molar-refractivity contribution in [3.63, 3.8) is 0 Å². The second-order valence-corrected chi connectivity index (χ2v) is 5.54. The Morgan fingerprint density at radius 1 is 1.38 bits per heavy atom. The van der Waals surface area contributed by atoms with Crippen LogP contribution in [0.3, 0.4) is 0 Å². The summed E-state index contributed by atoms with van der Waals surface area (Å²) in [6.45, 7) is 4.68. The Morgan fingerprint density at radius 2 is 2.24 bits per heavy atom. The maximum absolute atomic E-state index is 11.6. The summed E-state index contributed by atoms with van der Waals surface area (Å²) in [4.78, 5) is 11.6. The second-order valence-electron chi connectivity index (χ2n) is 4.61. The first-order chi connectivity index (χ1) is 10.2. The van der Waals surface area contributed by atoms with Gasteiger partial charge < -0.3 is 14.2 Å². The zero-order chi connectivity index (χ0) is 15.1. The molecule has 0 unspecified atom stereocenters. The van der Waals surface area contributed by atoms with Crippen LogP contribution in [-0.2, 0) is 4.79 Å². The highest BCUT2D eigenvalue weighted by Crippen LogP contribution is 2.26. The molecule has 21 heavy (non-hydrogen) atoms. The van der Waals surface area contributed by atoms with Gasteiger partial charge in [-0.05, 0) is 19.4 Å². The van der Waals surface area contributed by atoms with E-state index in [1.807, 2.05) is 6.92 Å². The molecule has 0 radical (unpaired) electrons. The molecule has 0 aliphatic rings. The number of carbonyl (C=O) groups excluding carboxylic acids is 1. The van der Waals surface area contributed by atoms with Gasteiger partial charge in [-0.25, -0.2) is 0 Å². The number of amides is 1. The molecule has 1 amide bonds. The van der Waals surface area contributed by atoms with Crippen LogP contribution in [0.25, 0.3) is 11.5 Å². The Kier molecular flexibility index (Phi) is 5.86. The van der Waals surface area contributed by atoms with Crippen molar-refractivity contribution in [2.75, 3.05) is 12.3 Å². The standard InChI is InChI=1S/C14H19N3O3S/c1-3-4-5-7-15-12(18)9-21-14-17-16-13(20-14)11-6-8-19-10(11)2/h6,8H,3-5,7,9H2,1-2H3,(H,15,18). The third-order valence-corrected chi connectivity index (χ3v) is 3.74. The number of nitrogens with one attached hydrogen (secondary N) is 1. The molecule has 0 aliphatic carbocycles. The minimum Gasteiger partial charge on any atom is -0.469 e. The number of unbranched alkanes of at least 4 members (excludes halogenated alkanes) is 2. The number of rotatable bonds is 8. The molecule has 2 aromatic rings. The first kappa shape index (κ1) is 15.6. The van der Waals surface area contributed by atoms with Crippen molar-refractivity contribution in [1.82, 2.24) is 15.5 Å². The second kappa shape index (κ2) is 7.87. The van der Waals surface area contributed by atoms with E-state index < -0.39 is 0 Å². The van der Waals surface area contributed by atoms with Crippen LogP contribution in [0.1, 0.15) is 31.9 Å². The highest BCUT2D eigenvalue weighted by atomic mass is 32.2. The summed E-state index contributed by atoms with van der Waals surface area (Å²) in [6.07, 6.45) is 4.86. The fraction of sp³-hybridized carbons (Fsp3) is 0.500. The van der Waals surface area contributed by atoms with Gasteiger partial charge in [0.25, 0.3) is 11.1 Å². The van der Waals surface area contributed by atoms with Crippen molar-refractivity contribution in [3.05, 3.63) is 18.1 Å². The van der Waals surface area contributed by atoms with E-state index in [9.17, 15) is 4.79 Å². The first-order valence-corrected chi connectivity index (χ1v) is 7.96. The molecule has 1 N–H and O–H groups in total. The third kappa shape index (κ3) is 4.63. The quantitative estimate of drug-likeness (QED) is 0.596. The predicted molar refractivity (Wildman–Crippen MR) is 80.0 cm³/mol. The summed E-state index contributed by atoms with van der Waals surface area (Å²) < 4.78 is 10.7. The van der Waals surface area contributed by atoms with Crippen LogP contribution in [-0.4, -0.2) is 28.4 Å². The van der Waals surface area contributed by atoms with E-state index >= 15 is 0 Å². The van der Waals surface area contributed by atoms with Gasteiger partial charge in [0.1, 0.15) is 5.76 Å². The number of carbonyl (C=O) groups is 1. The Hall–Kier alpha value is -1.76. The summed E-state index contributed by atoms with van der Waals surface area (Å²) in [7, 11) is 0. The van der Waals surface area contributed by atoms with Crippen molar-refractivity contribution in [3.8, 4) is 11.5 Å². The smallest absolute Gasteiger partial charge is 0.277 e. The average Bonchev–Trinajstić information content (AvgIpc) is 3.10. The molecule has 2 heterocycles. The van der Waals surface area contributed by atoms with E-state index in [0.717, 1.165) is 37.1 Å². The fourth-order valence-electron chi connectivity index (χ4n) is 1.76. The number of furan rings is 1. The predicted octanol–water partition coefficient (Wildman–Crippen LogP) is 3.04. The first-order valence-electron chi connectivity index (χ1n) is 6.98. The lowest BCUT2D eigenvalue weighted by molar-refractivity contribution is -0.118. The monoisotopic (exact) mass is 309 g/mol. The molecular weight excluding hydrogens is 290 g/mol. The van der Waals surface area contributed by atoms with E-state index in [0.29, 0.717) is 11.1 Å². The zero-order valence-corrected chi connectivity index (χ0v) is 13.0. The summed E-state index contributed by atoms with van der Waals surface area (Å²) in [5, 5.41) is 11.1. The number of aromatic nitrogens is 2. The molecule has 0 saturated heterocycles. The van der Waals surface area contributed by atoms with Crippen LogP contribution in [0, 0.1) is 6.92 Å². The SMILES string of the molecule is CCCCCNC(=O)CSc1nnc(-c2ccoc2C)o1. The molecule has 2 rings (SSSR count). The van der Waals surface area contributed by atoms with Crippen LogP contribution in [0.4, 0.5) is 0 Å². The van der Waals surface area contributed by atoms with Gasteiger partial charge in [0, 0.05) is 6.54 Å². The van der Waals surface area contributed by atoms with Gasteiger partial charge in [0.15, 0.2) is 0 Å². The molecule has 114 valence electrons. The highest BCUT2D eigenvalue weighted by Gasteiger charge is 2.14. The largest absolute Gasteiger partial charge is 0.469 e. The van der Waals surface area contributed by atoms with Gasteiger partial charge in [0.05, 0.1) is 17.6 Å². The van der Waals surface area contributed by atoms with Gasteiger partial charge in [-0.2, -0.15) is 0 Å². The molecule has 2 aromatic heterocycles. The van der Waals surface area contributed by atoms with E-state index in [1.165, 1.54) is 11.8 Å². The number of thioether (sulfide) groups is 1. The molecule has 0 spiro atoms. The van der Waals surface area contributed by atoms with Gasteiger partial charge in [-0.1, -0.05) is 31.5 Å². The minimum atomic E-state index is -0.0182. The Balaban J connectivity index is 1.78. The zero-order valence-electron chi connectivity index (χ0n) is 12.2. The number of hydrogen-bond acceptors (Lipinski definition) is 6. The molecule has 7 heteroatoms. The fourth-order valence-corrected chi connectivity index (χ4v) is 2.36. The van der Waals surface area contributed by atoms with Crippen molar-refractivity contribution >= 4 is 17.7 Å². The number of hydrogen-bond donors (Lipinski definition) is 1. The van der Waals surface area contributed by atoms with Crippen molar-refractivity contribution < 1.29 is 13.6 Å². The third-order valence-electron chi connectivity index (χ3n) is 2.92. The maximum Gasteiger partial charge on any atom is 0.277 e. The number of nitrogens with zero attached hydrogens (tertiary/aromatic N) is 2. The van der Waals surface area contributed by atoms with Gasteiger partial charge in [-0.3, -0.25) is 4.79 Å². The van der Waals surface area contributed by atoms with Crippen molar-refractivity contribution in [2.45, 2.75) is 38.3 Å². The Morgan fingerprint density at radius 3 is 2.95 bits per heavy atom. The van der Waals surface area contributed by atoms with Gasteiger partial charge in [0.2, 0.25) is 5.91 Å². The molecule has 0 aromatic carbocycles. The highest BCUT2D eigenvalue weighted by molar-refractivity contribution is 7.99. The molecule has 0 aliphatic heterocycles.